The molecule has 2 N–H and O–H groups in total. The van der Waals surface area contributed by atoms with Crippen molar-refractivity contribution in [2.45, 2.75) is 44.6 Å². The van der Waals surface area contributed by atoms with Crippen molar-refractivity contribution >= 4 is 28.4 Å². The van der Waals surface area contributed by atoms with Crippen molar-refractivity contribution < 1.29 is 9.13 Å². The molecule has 0 aliphatic carbocycles. The molecule has 0 unspecified atom stereocenters. The minimum Gasteiger partial charge on any atom is -0.378 e. The first-order valence-corrected chi connectivity index (χ1v) is 12.1. The molecule has 0 bridgehead atoms. The minimum absolute atomic E-state index is 0.333. The molecule has 0 spiro atoms. The Labute approximate surface area is 201 Å². The van der Waals surface area contributed by atoms with Crippen molar-refractivity contribution in [2.24, 2.45) is 0 Å². The quantitative estimate of drug-likeness (QED) is 0.411. The number of likely N-dealkylation sites (tertiary alicyclic amines) is 1. The fourth-order valence-electron chi connectivity index (χ4n) is 4.86. The third kappa shape index (κ3) is 3.96. The van der Waals surface area contributed by atoms with Crippen LogP contribution in [-0.2, 0) is 11.3 Å². The number of alkyl halides is 1. The summed E-state index contributed by atoms with van der Waals surface area (Å²) in [6, 6.07) is 5.84. The molecule has 0 saturated carbocycles. The Bertz CT molecular complexity index is 1350. The Hall–Kier alpha value is -3.38. The summed E-state index contributed by atoms with van der Waals surface area (Å²) in [6.45, 7) is 5.48. The van der Waals surface area contributed by atoms with Gasteiger partial charge in [0, 0.05) is 38.4 Å². The average molecular weight is 481 g/mol. The van der Waals surface area contributed by atoms with Crippen LogP contribution < -0.4 is 10.6 Å². The van der Waals surface area contributed by atoms with Crippen molar-refractivity contribution in [3.05, 3.63) is 24.4 Å². The van der Waals surface area contributed by atoms with E-state index >= 15 is 0 Å². The maximum atomic E-state index is 15.0. The first-order valence-electron chi connectivity index (χ1n) is 12.1. The number of hydrogen-bond donors (Lipinski definition) is 2. The largest absolute Gasteiger partial charge is 0.378 e. The van der Waals surface area contributed by atoms with Gasteiger partial charge in [-0.3, -0.25) is 4.90 Å². The van der Waals surface area contributed by atoms with Gasteiger partial charge in [0.2, 0.25) is 5.95 Å². The van der Waals surface area contributed by atoms with Gasteiger partial charge >= 0.3 is 0 Å². The highest BCUT2D eigenvalue weighted by Gasteiger charge is 2.35. The molecule has 0 aromatic carbocycles. The Morgan fingerprint density at radius 1 is 1.20 bits per heavy atom. The predicted molar refractivity (Wildman–Crippen MR) is 130 cm³/mol. The summed E-state index contributed by atoms with van der Waals surface area (Å²) in [7, 11) is 1.82. The molecule has 2 fully saturated rings. The van der Waals surface area contributed by atoms with Crippen LogP contribution in [0.1, 0.15) is 19.8 Å². The predicted octanol–water partition coefficient (Wildman–Crippen LogP) is 2.21. The smallest absolute Gasteiger partial charge is 0.243 e. The van der Waals surface area contributed by atoms with Crippen LogP contribution >= 0.6 is 0 Å². The third-order valence-corrected chi connectivity index (χ3v) is 6.84. The molecule has 12 heteroatoms. The van der Waals surface area contributed by atoms with Gasteiger partial charge in [-0.1, -0.05) is 12.1 Å². The molecule has 35 heavy (non-hydrogen) atoms. The number of rotatable bonds is 7. The maximum absolute atomic E-state index is 15.0. The number of ether oxygens (including phenoxy) is 1. The second kappa shape index (κ2) is 9.00. The van der Waals surface area contributed by atoms with E-state index in [4.69, 9.17) is 9.72 Å². The number of aryl methyl sites for hydroxylation is 1. The number of hydrogen-bond acceptors (Lipinski definition) is 9. The van der Waals surface area contributed by atoms with E-state index < -0.39 is 6.17 Å². The highest BCUT2D eigenvalue weighted by molar-refractivity contribution is 5.89. The van der Waals surface area contributed by atoms with Crippen LogP contribution in [0, 0.1) is 0 Å². The number of pyridine rings is 1. The summed E-state index contributed by atoms with van der Waals surface area (Å²) in [5.41, 5.74) is 4.00. The molecule has 11 nitrogen and oxygen atoms in total. The van der Waals surface area contributed by atoms with E-state index in [1.54, 1.807) is 4.52 Å². The van der Waals surface area contributed by atoms with Crippen molar-refractivity contribution in [3.8, 4) is 11.3 Å². The summed E-state index contributed by atoms with van der Waals surface area (Å²) < 4.78 is 23.8. The van der Waals surface area contributed by atoms with Gasteiger partial charge in [-0.05, 0) is 31.0 Å². The second-order valence-electron chi connectivity index (χ2n) is 9.15. The number of anilines is 2. The van der Waals surface area contributed by atoms with Crippen molar-refractivity contribution in [2.75, 3.05) is 44.0 Å². The number of fused-ring (bicyclic) bond motifs is 2. The van der Waals surface area contributed by atoms with Gasteiger partial charge in [0.1, 0.15) is 17.2 Å². The van der Waals surface area contributed by atoms with E-state index in [0.717, 1.165) is 47.4 Å². The van der Waals surface area contributed by atoms with E-state index in [-0.39, 0.29) is 6.04 Å². The van der Waals surface area contributed by atoms with Crippen LogP contribution in [0.3, 0.4) is 0 Å². The monoisotopic (exact) mass is 480 g/mol. The molecule has 4 aromatic heterocycles. The first kappa shape index (κ1) is 22.1. The summed E-state index contributed by atoms with van der Waals surface area (Å²) >= 11 is 0. The maximum Gasteiger partial charge on any atom is 0.243 e. The van der Waals surface area contributed by atoms with Crippen LogP contribution in [0.2, 0.25) is 0 Å². The van der Waals surface area contributed by atoms with Crippen LogP contribution in [0.5, 0.6) is 0 Å². The summed E-state index contributed by atoms with van der Waals surface area (Å²) in [4.78, 5) is 11.7. The fourth-order valence-corrected chi connectivity index (χ4v) is 4.86. The van der Waals surface area contributed by atoms with Crippen molar-refractivity contribution in [1.29, 1.82) is 0 Å². The molecule has 0 amide bonds. The van der Waals surface area contributed by atoms with Crippen LogP contribution in [0.4, 0.5) is 16.2 Å². The van der Waals surface area contributed by atoms with E-state index in [2.05, 4.69) is 42.9 Å². The second-order valence-corrected chi connectivity index (χ2v) is 9.15. The normalized spacial score (nSPS) is 21.5. The highest BCUT2D eigenvalue weighted by atomic mass is 19.1. The third-order valence-electron chi connectivity index (χ3n) is 6.84. The number of piperidine rings is 1. The Kier molecular flexibility index (Phi) is 5.69. The van der Waals surface area contributed by atoms with Crippen LogP contribution in [0.15, 0.2) is 24.4 Å². The van der Waals surface area contributed by atoms with Gasteiger partial charge < -0.3 is 15.4 Å². The zero-order valence-electron chi connectivity index (χ0n) is 19.9. The molecule has 2 aliphatic rings. The fraction of sp³-hybridized carbons (Fsp3) is 0.522. The van der Waals surface area contributed by atoms with E-state index in [1.807, 2.05) is 36.1 Å². The molecular weight excluding hydrogens is 451 g/mol. The summed E-state index contributed by atoms with van der Waals surface area (Å²) in [5, 5.41) is 19.5. The number of aromatic nitrogens is 7. The lowest BCUT2D eigenvalue weighted by Crippen LogP contribution is -2.57. The summed E-state index contributed by atoms with van der Waals surface area (Å²) in [5.74, 6) is 1.04. The lowest BCUT2D eigenvalue weighted by molar-refractivity contribution is -0.0794. The molecular formula is C23H29FN10O. The molecule has 4 aromatic rings. The average Bonchev–Trinajstić information content (AvgIpc) is 3.43. The van der Waals surface area contributed by atoms with E-state index in [9.17, 15) is 4.39 Å². The van der Waals surface area contributed by atoms with Gasteiger partial charge in [-0.25, -0.2) is 18.6 Å². The van der Waals surface area contributed by atoms with Crippen LogP contribution in [0.25, 0.3) is 27.9 Å². The van der Waals surface area contributed by atoms with Crippen molar-refractivity contribution in [3.63, 3.8) is 0 Å². The van der Waals surface area contributed by atoms with Crippen LogP contribution in [-0.4, -0.2) is 91.1 Å². The van der Waals surface area contributed by atoms with Gasteiger partial charge in [0.25, 0.3) is 0 Å². The molecule has 2 saturated heterocycles. The van der Waals surface area contributed by atoms with Crippen molar-refractivity contribution in [1.82, 2.24) is 39.5 Å². The topological polar surface area (TPSA) is 110 Å². The Morgan fingerprint density at radius 3 is 2.83 bits per heavy atom. The van der Waals surface area contributed by atoms with E-state index in [0.29, 0.717) is 44.0 Å². The Balaban J connectivity index is 1.28. The molecule has 0 radical (unpaired) electrons. The molecule has 2 atom stereocenters. The molecule has 184 valence electrons. The first-order chi connectivity index (χ1) is 17.1. The molecule has 2 aliphatic heterocycles. The lowest BCUT2D eigenvalue weighted by atomic mass is 10.0. The lowest BCUT2D eigenvalue weighted by Gasteiger charge is -2.42. The number of halogens is 1. The zero-order chi connectivity index (χ0) is 23.9. The van der Waals surface area contributed by atoms with Gasteiger partial charge in [0.15, 0.2) is 11.5 Å². The zero-order valence-corrected chi connectivity index (χ0v) is 19.9. The minimum atomic E-state index is -1.00. The van der Waals surface area contributed by atoms with Gasteiger partial charge in [-0.2, -0.15) is 4.98 Å². The van der Waals surface area contributed by atoms with Gasteiger partial charge in [0.05, 0.1) is 31.0 Å². The number of nitrogens with zero attached hydrogens (tertiary/aromatic N) is 8. The number of nitrogens with one attached hydrogen (secondary N) is 2. The standard InChI is InChI=1S/C23H29FN10O/c1-3-8-34-22-19(29-31-34)5-4-17(26-22)15-6-10-33-20(15)21(25-2)28-23(30-33)27-18-7-9-32(11-16(18)24)14-12-35-13-14/h4-6,10,14,16,18H,3,7-9,11-13H2,1-2H3,(H2,25,27,28,30)/t16-,18+/m1/s1. The Morgan fingerprint density at radius 2 is 2.09 bits per heavy atom. The molecule has 6 heterocycles. The highest BCUT2D eigenvalue weighted by Crippen LogP contribution is 2.30. The molecule has 6 rings (SSSR count). The summed E-state index contributed by atoms with van der Waals surface area (Å²) in [6.07, 6.45) is 2.51. The van der Waals surface area contributed by atoms with Gasteiger partial charge in [-0.15, -0.1) is 10.2 Å². The van der Waals surface area contributed by atoms with E-state index in [1.165, 1.54) is 0 Å². The SMILES string of the molecule is CCCn1nnc2ccc(-c3ccn4nc(N[C@H]5CCN(C6COC6)C[C@H]5F)nc(NC)c34)nc21.